The van der Waals surface area contributed by atoms with E-state index in [1.807, 2.05) is 12.1 Å². The van der Waals surface area contributed by atoms with Crippen molar-refractivity contribution in [3.63, 3.8) is 0 Å². The minimum absolute atomic E-state index is 0.0475. The van der Waals surface area contributed by atoms with Gasteiger partial charge in [-0.15, -0.1) is 0 Å². The van der Waals surface area contributed by atoms with Crippen LogP contribution in [0.1, 0.15) is 31.7 Å². The topological polar surface area (TPSA) is 64.0 Å². The molecule has 5 nitrogen and oxygen atoms in total. The van der Waals surface area contributed by atoms with Crippen LogP contribution in [0.4, 0.5) is 10.1 Å². The zero-order chi connectivity index (χ0) is 19.5. The predicted octanol–water partition coefficient (Wildman–Crippen LogP) is 4.38. The molecule has 0 radical (unpaired) electrons. The van der Waals surface area contributed by atoms with Crippen LogP contribution < -0.4 is 10.9 Å². The maximum absolute atomic E-state index is 13.7. The number of anilines is 1. The molecule has 3 aromatic rings. The van der Waals surface area contributed by atoms with E-state index in [0.29, 0.717) is 16.1 Å². The second-order valence-electron chi connectivity index (χ2n) is 6.84. The Bertz CT molecular complexity index is 1080. The van der Waals surface area contributed by atoms with Crippen molar-refractivity contribution in [2.75, 3.05) is 11.1 Å². The van der Waals surface area contributed by atoms with Gasteiger partial charge in [-0.25, -0.2) is 9.37 Å². The Hall–Kier alpha value is -2.67. The predicted molar refractivity (Wildman–Crippen MR) is 109 cm³/mol. The fourth-order valence-corrected chi connectivity index (χ4v) is 4.46. The third-order valence-electron chi connectivity index (χ3n) is 4.95. The van der Waals surface area contributed by atoms with Gasteiger partial charge in [-0.05, 0) is 37.1 Å². The molecule has 1 saturated carbocycles. The highest BCUT2D eigenvalue weighted by atomic mass is 32.2. The summed E-state index contributed by atoms with van der Waals surface area (Å²) in [6, 6.07) is 13.4. The number of benzene rings is 2. The average Bonchev–Trinajstić information content (AvgIpc) is 3.22. The lowest BCUT2D eigenvalue weighted by Gasteiger charge is -2.18. The molecule has 4 rings (SSSR count). The molecule has 1 amide bonds. The van der Waals surface area contributed by atoms with Crippen LogP contribution in [-0.4, -0.2) is 21.2 Å². The summed E-state index contributed by atoms with van der Waals surface area (Å²) in [6.07, 6.45) is 4.05. The number of carbonyl (C=O) groups excluding carboxylic acids is 1. The molecule has 0 spiro atoms. The normalized spacial score (nSPS) is 14.5. The molecule has 2 aromatic carbocycles. The minimum atomic E-state index is -0.479. The van der Waals surface area contributed by atoms with Gasteiger partial charge >= 0.3 is 0 Å². The van der Waals surface area contributed by atoms with Crippen molar-refractivity contribution in [2.24, 2.45) is 0 Å². The summed E-state index contributed by atoms with van der Waals surface area (Å²) in [6.45, 7) is 0. The Morgan fingerprint density at radius 3 is 2.64 bits per heavy atom. The molecule has 0 saturated heterocycles. The van der Waals surface area contributed by atoms with E-state index in [-0.39, 0.29) is 28.9 Å². The number of thioether (sulfide) groups is 1. The van der Waals surface area contributed by atoms with Gasteiger partial charge in [0.15, 0.2) is 5.16 Å². The molecule has 1 aromatic heterocycles. The smallest absolute Gasteiger partial charge is 0.262 e. The van der Waals surface area contributed by atoms with Crippen molar-refractivity contribution >= 4 is 34.3 Å². The zero-order valence-electron chi connectivity index (χ0n) is 15.2. The van der Waals surface area contributed by atoms with Gasteiger partial charge in [-0.3, -0.25) is 14.2 Å². The van der Waals surface area contributed by atoms with Crippen molar-refractivity contribution in [1.29, 1.82) is 0 Å². The number of para-hydroxylation sites is 2. The zero-order valence-corrected chi connectivity index (χ0v) is 16.0. The molecule has 0 bridgehead atoms. The monoisotopic (exact) mass is 397 g/mol. The number of rotatable bonds is 5. The van der Waals surface area contributed by atoms with Crippen LogP contribution in [0, 0.1) is 5.82 Å². The fraction of sp³-hybridized carbons (Fsp3) is 0.286. The molecule has 0 aliphatic heterocycles. The largest absolute Gasteiger partial charge is 0.323 e. The van der Waals surface area contributed by atoms with Crippen molar-refractivity contribution in [1.82, 2.24) is 9.55 Å². The van der Waals surface area contributed by atoms with Crippen LogP contribution in [0.25, 0.3) is 10.9 Å². The summed E-state index contributed by atoms with van der Waals surface area (Å²) in [4.78, 5) is 30.0. The van der Waals surface area contributed by atoms with Gasteiger partial charge in [0.2, 0.25) is 5.91 Å². The first kappa shape index (κ1) is 18.7. The molecule has 7 heteroatoms. The highest BCUT2D eigenvalue weighted by Gasteiger charge is 2.23. The van der Waals surface area contributed by atoms with E-state index in [4.69, 9.17) is 0 Å². The summed E-state index contributed by atoms with van der Waals surface area (Å²) in [7, 11) is 0. The van der Waals surface area contributed by atoms with Crippen LogP contribution in [0.5, 0.6) is 0 Å². The first-order chi connectivity index (χ1) is 13.6. The van der Waals surface area contributed by atoms with Gasteiger partial charge < -0.3 is 5.32 Å². The van der Waals surface area contributed by atoms with E-state index in [0.717, 1.165) is 25.7 Å². The molecule has 1 fully saturated rings. The first-order valence-corrected chi connectivity index (χ1v) is 10.3. The highest BCUT2D eigenvalue weighted by Crippen LogP contribution is 2.32. The number of nitrogens with zero attached hydrogens (tertiary/aromatic N) is 2. The molecule has 1 heterocycles. The average molecular weight is 397 g/mol. The van der Waals surface area contributed by atoms with Crippen molar-refractivity contribution in [3.8, 4) is 0 Å². The van der Waals surface area contributed by atoms with Gasteiger partial charge in [0.1, 0.15) is 5.82 Å². The van der Waals surface area contributed by atoms with E-state index in [9.17, 15) is 14.0 Å². The SMILES string of the molecule is O=C(CSc1nc2ccccc2c(=O)n1C1CCCC1)Nc1ccccc1F. The maximum Gasteiger partial charge on any atom is 0.262 e. The first-order valence-electron chi connectivity index (χ1n) is 9.32. The fourth-order valence-electron chi connectivity index (χ4n) is 3.59. The second kappa shape index (κ2) is 8.14. The quantitative estimate of drug-likeness (QED) is 0.513. The number of nitrogens with one attached hydrogen (secondary N) is 1. The number of hydrogen-bond donors (Lipinski definition) is 1. The van der Waals surface area contributed by atoms with Gasteiger partial charge in [0.25, 0.3) is 5.56 Å². The third-order valence-corrected chi connectivity index (χ3v) is 5.90. The summed E-state index contributed by atoms with van der Waals surface area (Å²) < 4.78 is 15.5. The lowest BCUT2D eigenvalue weighted by atomic mass is 10.2. The Morgan fingerprint density at radius 2 is 1.86 bits per heavy atom. The Labute approximate surface area is 166 Å². The molecular formula is C21H20FN3O2S. The third kappa shape index (κ3) is 3.80. The maximum atomic E-state index is 13.7. The minimum Gasteiger partial charge on any atom is -0.323 e. The van der Waals surface area contributed by atoms with Crippen molar-refractivity contribution in [2.45, 2.75) is 36.9 Å². The van der Waals surface area contributed by atoms with Gasteiger partial charge in [-0.1, -0.05) is 48.9 Å². The molecule has 0 unspecified atom stereocenters. The van der Waals surface area contributed by atoms with Crippen LogP contribution in [-0.2, 0) is 4.79 Å². The molecular weight excluding hydrogens is 377 g/mol. The molecule has 1 aliphatic carbocycles. The summed E-state index contributed by atoms with van der Waals surface area (Å²) in [5, 5.41) is 3.70. The number of fused-ring (bicyclic) bond motifs is 1. The van der Waals surface area contributed by atoms with Gasteiger partial charge in [0.05, 0.1) is 22.3 Å². The van der Waals surface area contributed by atoms with Crippen molar-refractivity contribution in [3.05, 3.63) is 64.7 Å². The van der Waals surface area contributed by atoms with Crippen molar-refractivity contribution < 1.29 is 9.18 Å². The van der Waals surface area contributed by atoms with E-state index < -0.39 is 5.82 Å². The van der Waals surface area contributed by atoms with E-state index in [2.05, 4.69) is 10.3 Å². The standard InChI is InChI=1S/C21H20FN3O2S/c22-16-10-4-6-12-18(16)23-19(26)13-28-21-24-17-11-5-3-9-15(17)20(27)25(21)14-7-1-2-8-14/h3-6,9-12,14H,1-2,7-8,13H2,(H,23,26). The Morgan fingerprint density at radius 1 is 1.14 bits per heavy atom. The van der Waals surface area contributed by atoms with Crippen LogP contribution >= 0.6 is 11.8 Å². The Balaban J connectivity index is 1.60. The number of halogens is 1. The van der Waals surface area contributed by atoms with E-state index in [1.54, 1.807) is 28.8 Å². The molecule has 28 heavy (non-hydrogen) atoms. The number of amides is 1. The van der Waals surface area contributed by atoms with Crippen LogP contribution in [0.3, 0.4) is 0 Å². The summed E-state index contributed by atoms with van der Waals surface area (Å²) in [5.41, 5.74) is 0.709. The van der Waals surface area contributed by atoms with Gasteiger partial charge in [-0.2, -0.15) is 0 Å². The lowest BCUT2D eigenvalue weighted by Crippen LogP contribution is -2.27. The van der Waals surface area contributed by atoms with Crippen LogP contribution in [0.15, 0.2) is 58.5 Å². The molecule has 1 N–H and O–H groups in total. The van der Waals surface area contributed by atoms with Gasteiger partial charge in [0, 0.05) is 6.04 Å². The number of aromatic nitrogens is 2. The molecule has 1 aliphatic rings. The molecule has 144 valence electrons. The number of hydrogen-bond acceptors (Lipinski definition) is 4. The summed E-state index contributed by atoms with van der Waals surface area (Å²) >= 11 is 1.21. The second-order valence-corrected chi connectivity index (χ2v) is 7.78. The number of carbonyl (C=O) groups is 1. The van der Waals surface area contributed by atoms with Crippen LogP contribution in [0.2, 0.25) is 0 Å². The Kier molecular flexibility index (Phi) is 5.43. The summed E-state index contributed by atoms with van der Waals surface area (Å²) in [5.74, 6) is -0.769. The highest BCUT2D eigenvalue weighted by molar-refractivity contribution is 7.99. The molecule has 0 atom stereocenters. The van der Waals surface area contributed by atoms with E-state index in [1.165, 1.54) is 23.9 Å². The van der Waals surface area contributed by atoms with E-state index >= 15 is 0 Å². The lowest BCUT2D eigenvalue weighted by molar-refractivity contribution is -0.113.